The number of halogens is 1. The Morgan fingerprint density at radius 2 is 2.15 bits per heavy atom. The van der Waals surface area contributed by atoms with Crippen molar-refractivity contribution >= 4 is 27.6 Å². The maximum atomic E-state index is 11.0. The first-order valence-corrected chi connectivity index (χ1v) is 5.80. The first-order chi connectivity index (χ1) is 6.02. The zero-order valence-electron chi connectivity index (χ0n) is 7.25. The number of esters is 1. The number of nitrogens with one attached hydrogen (secondary N) is 1. The highest BCUT2D eigenvalue weighted by Gasteiger charge is 2.15. The highest BCUT2D eigenvalue weighted by molar-refractivity contribution is 7.90. The van der Waals surface area contributed by atoms with Gasteiger partial charge in [-0.1, -0.05) is 0 Å². The smallest absolute Gasteiger partial charge is 0.322 e. The third-order valence-electron chi connectivity index (χ3n) is 1.17. The molecule has 0 atom stereocenters. The number of sulfonamides is 1. The van der Waals surface area contributed by atoms with Crippen molar-refractivity contribution in [2.24, 2.45) is 0 Å². The Hall–Kier alpha value is -0.330. The second kappa shape index (κ2) is 6.17. The summed E-state index contributed by atoms with van der Waals surface area (Å²) in [5.74, 6) is -1.05. The number of carbonyl (C=O) groups is 1. The molecule has 0 aliphatic heterocycles. The van der Waals surface area contributed by atoms with E-state index in [0.717, 1.165) is 7.11 Å². The number of carbonyl (C=O) groups excluding carboxylic acids is 1. The number of rotatable bonds is 6. The fraction of sp³-hybridized carbons (Fsp3) is 0.833. The van der Waals surface area contributed by atoms with Crippen molar-refractivity contribution in [3.8, 4) is 0 Å². The van der Waals surface area contributed by atoms with Crippen molar-refractivity contribution < 1.29 is 17.9 Å². The topological polar surface area (TPSA) is 72.5 Å². The molecule has 0 saturated carbocycles. The lowest BCUT2D eigenvalue weighted by molar-refractivity contribution is -0.137. The monoisotopic (exact) mass is 229 g/mol. The highest BCUT2D eigenvalue weighted by Crippen LogP contribution is 1.88. The molecule has 0 aliphatic carbocycles. The average Bonchev–Trinajstić information content (AvgIpc) is 2.03. The summed E-state index contributed by atoms with van der Waals surface area (Å²) in [6, 6.07) is 0. The van der Waals surface area contributed by atoms with Gasteiger partial charge in [-0.15, -0.1) is 11.6 Å². The predicted molar refractivity (Wildman–Crippen MR) is 49.1 cm³/mol. The lowest BCUT2D eigenvalue weighted by Crippen LogP contribution is -2.31. The summed E-state index contributed by atoms with van der Waals surface area (Å²) < 4.78 is 28.5. The van der Waals surface area contributed by atoms with Crippen molar-refractivity contribution in [1.82, 2.24) is 4.72 Å². The molecule has 0 amide bonds. The zero-order valence-corrected chi connectivity index (χ0v) is 8.82. The van der Waals surface area contributed by atoms with Crippen LogP contribution in [0.2, 0.25) is 0 Å². The molecule has 7 heteroatoms. The van der Waals surface area contributed by atoms with Gasteiger partial charge in [-0.3, -0.25) is 4.79 Å². The van der Waals surface area contributed by atoms with E-state index in [1.54, 1.807) is 0 Å². The maximum absolute atomic E-state index is 11.0. The van der Waals surface area contributed by atoms with Gasteiger partial charge in [0, 0.05) is 12.4 Å². The van der Waals surface area contributed by atoms with Crippen LogP contribution in [0.4, 0.5) is 0 Å². The van der Waals surface area contributed by atoms with Crippen molar-refractivity contribution in [2.75, 3.05) is 25.3 Å². The van der Waals surface area contributed by atoms with Gasteiger partial charge in [-0.25, -0.2) is 13.1 Å². The van der Waals surface area contributed by atoms with Crippen LogP contribution in [0, 0.1) is 0 Å². The van der Waals surface area contributed by atoms with E-state index < -0.39 is 21.7 Å². The summed E-state index contributed by atoms with van der Waals surface area (Å²) in [7, 11) is -2.41. The fourth-order valence-electron chi connectivity index (χ4n) is 0.560. The van der Waals surface area contributed by atoms with Crippen LogP contribution in [0.15, 0.2) is 0 Å². The second-order valence-electron chi connectivity index (χ2n) is 2.27. The summed E-state index contributed by atoms with van der Waals surface area (Å²) >= 11 is 5.34. The van der Waals surface area contributed by atoms with Crippen LogP contribution >= 0.6 is 11.6 Å². The molecule has 13 heavy (non-hydrogen) atoms. The van der Waals surface area contributed by atoms with E-state index in [9.17, 15) is 13.2 Å². The lowest BCUT2D eigenvalue weighted by atomic mass is 10.5. The highest BCUT2D eigenvalue weighted by atomic mass is 35.5. The Morgan fingerprint density at radius 3 is 2.62 bits per heavy atom. The Kier molecular flexibility index (Phi) is 6.02. The molecule has 78 valence electrons. The number of alkyl halides is 1. The molecule has 0 saturated heterocycles. The van der Waals surface area contributed by atoms with Gasteiger partial charge in [-0.2, -0.15) is 0 Å². The van der Waals surface area contributed by atoms with E-state index in [4.69, 9.17) is 11.6 Å². The molecule has 0 rings (SSSR count). The summed E-state index contributed by atoms with van der Waals surface area (Å²) in [4.78, 5) is 10.6. The zero-order chi connectivity index (χ0) is 10.3. The van der Waals surface area contributed by atoms with Crippen molar-refractivity contribution in [3.05, 3.63) is 0 Å². The average molecular weight is 230 g/mol. The minimum Gasteiger partial charge on any atom is -0.468 e. The predicted octanol–water partition coefficient (Wildman–Crippen LogP) is -0.292. The molecule has 1 N–H and O–H groups in total. The first kappa shape index (κ1) is 12.7. The van der Waals surface area contributed by atoms with Crippen molar-refractivity contribution in [3.63, 3.8) is 0 Å². The number of ether oxygens (including phenoxy) is 1. The van der Waals surface area contributed by atoms with E-state index in [1.807, 2.05) is 0 Å². The van der Waals surface area contributed by atoms with Crippen molar-refractivity contribution in [1.29, 1.82) is 0 Å². The summed E-state index contributed by atoms with van der Waals surface area (Å²) in [5, 5.41) is 0. The molecular weight excluding hydrogens is 218 g/mol. The van der Waals surface area contributed by atoms with Gasteiger partial charge in [0.25, 0.3) is 0 Å². The largest absolute Gasteiger partial charge is 0.468 e. The summed E-state index contributed by atoms with van der Waals surface area (Å²) in [6.07, 6.45) is 0.530. The Labute approximate surface area is 82.5 Å². The van der Waals surface area contributed by atoms with E-state index in [2.05, 4.69) is 9.46 Å². The summed E-state index contributed by atoms with van der Waals surface area (Å²) in [6.45, 7) is 0.239. The molecule has 0 spiro atoms. The molecule has 0 aromatic carbocycles. The molecule has 0 radical (unpaired) electrons. The van der Waals surface area contributed by atoms with Gasteiger partial charge in [0.15, 0.2) is 5.75 Å². The standard InChI is InChI=1S/C6H12ClNO4S/c1-12-6(9)5-13(10,11)8-4-2-3-7/h8H,2-5H2,1H3. The number of hydrogen-bond acceptors (Lipinski definition) is 4. The Bertz CT molecular complexity index is 251. The van der Waals surface area contributed by atoms with Gasteiger partial charge in [-0.05, 0) is 6.42 Å². The van der Waals surface area contributed by atoms with Crippen LogP contribution in [-0.2, 0) is 19.6 Å². The van der Waals surface area contributed by atoms with Crippen LogP contribution in [0.5, 0.6) is 0 Å². The van der Waals surface area contributed by atoms with Crippen LogP contribution in [0.25, 0.3) is 0 Å². The van der Waals surface area contributed by atoms with E-state index in [1.165, 1.54) is 0 Å². The molecule has 0 fully saturated rings. The van der Waals surface area contributed by atoms with E-state index >= 15 is 0 Å². The second-order valence-corrected chi connectivity index (χ2v) is 4.46. The molecule has 5 nitrogen and oxygen atoms in total. The lowest BCUT2D eigenvalue weighted by Gasteiger charge is -2.03. The van der Waals surface area contributed by atoms with Gasteiger partial charge >= 0.3 is 5.97 Å². The van der Waals surface area contributed by atoms with Crippen LogP contribution in [-0.4, -0.2) is 39.7 Å². The number of hydrogen-bond donors (Lipinski definition) is 1. The van der Waals surface area contributed by atoms with Crippen LogP contribution < -0.4 is 4.72 Å². The van der Waals surface area contributed by atoms with E-state index in [-0.39, 0.29) is 6.54 Å². The van der Waals surface area contributed by atoms with Crippen LogP contribution in [0.1, 0.15) is 6.42 Å². The quantitative estimate of drug-likeness (QED) is 0.386. The molecule has 0 heterocycles. The fourth-order valence-corrected chi connectivity index (χ4v) is 1.68. The molecule has 0 bridgehead atoms. The maximum Gasteiger partial charge on any atom is 0.322 e. The third kappa shape index (κ3) is 6.80. The summed E-state index contributed by atoms with van der Waals surface area (Å²) in [5.41, 5.74) is 0. The van der Waals surface area contributed by atoms with E-state index in [0.29, 0.717) is 12.3 Å². The first-order valence-electron chi connectivity index (χ1n) is 3.62. The van der Waals surface area contributed by atoms with Crippen molar-refractivity contribution in [2.45, 2.75) is 6.42 Å². The Balaban J connectivity index is 3.88. The van der Waals surface area contributed by atoms with Gasteiger partial charge in [0.2, 0.25) is 10.0 Å². The Morgan fingerprint density at radius 1 is 1.54 bits per heavy atom. The number of methoxy groups -OCH3 is 1. The molecule has 0 aliphatic rings. The molecule has 0 aromatic rings. The van der Waals surface area contributed by atoms with Crippen LogP contribution in [0.3, 0.4) is 0 Å². The molecule has 0 aromatic heterocycles. The molecular formula is C6H12ClNO4S. The molecule has 0 unspecified atom stereocenters. The minimum absolute atomic E-state index is 0.239. The van der Waals surface area contributed by atoms with Gasteiger partial charge in [0.1, 0.15) is 0 Å². The normalized spacial score (nSPS) is 11.2. The third-order valence-corrected chi connectivity index (χ3v) is 2.69. The van der Waals surface area contributed by atoms with Gasteiger partial charge in [0.05, 0.1) is 7.11 Å². The van der Waals surface area contributed by atoms with Gasteiger partial charge < -0.3 is 4.74 Å². The SMILES string of the molecule is COC(=O)CS(=O)(=O)NCCCCl. The minimum atomic E-state index is -3.55.